The predicted molar refractivity (Wildman–Crippen MR) is 77.2 cm³/mol. The third-order valence-corrected chi connectivity index (χ3v) is 3.06. The molecule has 0 saturated heterocycles. The van der Waals surface area contributed by atoms with Crippen LogP contribution in [0.2, 0.25) is 5.02 Å². The molecule has 1 aromatic heterocycles. The van der Waals surface area contributed by atoms with Crippen LogP contribution in [-0.2, 0) is 4.79 Å². The Balaban J connectivity index is 1.85. The van der Waals surface area contributed by atoms with Crippen molar-refractivity contribution in [2.45, 2.75) is 6.10 Å². The van der Waals surface area contributed by atoms with Crippen LogP contribution in [0, 0.1) is 0 Å². The van der Waals surface area contributed by atoms with Gasteiger partial charge in [-0.25, -0.2) is 0 Å². The average Bonchev–Trinajstić information content (AvgIpc) is 2.98. The molecule has 2 rings (SSSR count). The molecule has 1 unspecified atom stereocenters. The van der Waals surface area contributed by atoms with Crippen LogP contribution in [0.1, 0.15) is 17.2 Å². The fraction of sp³-hybridized carbons (Fsp3) is 0.133. The number of furan rings is 1. The number of carbonyl (C=O) groups excluding carboxylic acids is 1. The van der Waals surface area contributed by atoms with E-state index in [4.69, 9.17) is 16.0 Å². The third kappa shape index (κ3) is 3.98. The van der Waals surface area contributed by atoms with Gasteiger partial charge in [-0.15, -0.1) is 0 Å². The molecular weight excluding hydrogens is 278 g/mol. The van der Waals surface area contributed by atoms with Gasteiger partial charge in [-0.3, -0.25) is 4.79 Å². The van der Waals surface area contributed by atoms with Crippen LogP contribution < -0.4 is 5.32 Å². The average molecular weight is 292 g/mol. The third-order valence-electron chi connectivity index (χ3n) is 2.72. The summed E-state index contributed by atoms with van der Waals surface area (Å²) in [5.41, 5.74) is 1.39. The highest BCUT2D eigenvalue weighted by atomic mass is 35.5. The van der Waals surface area contributed by atoms with E-state index >= 15 is 0 Å². The Morgan fingerprint density at radius 2 is 2.20 bits per heavy atom. The van der Waals surface area contributed by atoms with Gasteiger partial charge in [0, 0.05) is 23.2 Å². The molecule has 20 heavy (non-hydrogen) atoms. The van der Waals surface area contributed by atoms with Gasteiger partial charge in [0.2, 0.25) is 5.91 Å². The summed E-state index contributed by atoms with van der Waals surface area (Å²) < 4.78 is 4.86. The van der Waals surface area contributed by atoms with Crippen LogP contribution >= 0.6 is 11.6 Å². The monoisotopic (exact) mass is 291 g/mol. The molecule has 2 N–H and O–H groups in total. The summed E-state index contributed by atoms with van der Waals surface area (Å²) in [6.07, 6.45) is 5.13. The van der Waals surface area contributed by atoms with E-state index in [1.807, 2.05) is 18.2 Å². The zero-order valence-corrected chi connectivity index (χ0v) is 11.4. The number of benzene rings is 1. The highest BCUT2D eigenvalue weighted by Gasteiger charge is 2.09. The topological polar surface area (TPSA) is 62.5 Å². The molecule has 1 aromatic carbocycles. The van der Waals surface area contributed by atoms with Crippen molar-refractivity contribution in [2.24, 2.45) is 0 Å². The number of amides is 1. The van der Waals surface area contributed by atoms with E-state index < -0.39 is 6.10 Å². The summed E-state index contributed by atoms with van der Waals surface area (Å²) >= 11 is 5.97. The highest BCUT2D eigenvalue weighted by Crippen LogP contribution is 2.16. The molecule has 0 aliphatic carbocycles. The lowest BCUT2D eigenvalue weighted by atomic mass is 10.2. The Morgan fingerprint density at radius 1 is 1.40 bits per heavy atom. The Labute approximate surface area is 121 Å². The zero-order chi connectivity index (χ0) is 14.4. The van der Waals surface area contributed by atoms with Crippen molar-refractivity contribution in [3.05, 3.63) is 65.1 Å². The van der Waals surface area contributed by atoms with Crippen LogP contribution in [0.15, 0.2) is 53.4 Å². The number of aliphatic hydroxyl groups excluding tert-OH is 1. The molecule has 0 aliphatic heterocycles. The van der Waals surface area contributed by atoms with Crippen molar-refractivity contribution in [3.8, 4) is 0 Å². The van der Waals surface area contributed by atoms with E-state index in [-0.39, 0.29) is 12.5 Å². The maximum Gasteiger partial charge on any atom is 0.244 e. The molecule has 4 nitrogen and oxygen atoms in total. The molecule has 0 spiro atoms. The Kier molecular flexibility index (Phi) is 4.98. The van der Waals surface area contributed by atoms with Gasteiger partial charge in [0.05, 0.1) is 18.6 Å². The van der Waals surface area contributed by atoms with E-state index in [0.717, 1.165) is 5.56 Å². The summed E-state index contributed by atoms with van der Waals surface area (Å²) in [7, 11) is 0. The molecule has 104 valence electrons. The predicted octanol–water partition coefficient (Wildman–Crippen LogP) is 2.80. The molecule has 0 fully saturated rings. The van der Waals surface area contributed by atoms with Crippen LogP contribution in [-0.4, -0.2) is 17.6 Å². The minimum atomic E-state index is -0.786. The maximum atomic E-state index is 11.6. The van der Waals surface area contributed by atoms with Crippen molar-refractivity contribution in [3.63, 3.8) is 0 Å². The van der Waals surface area contributed by atoms with Gasteiger partial charge in [-0.2, -0.15) is 0 Å². The van der Waals surface area contributed by atoms with Gasteiger partial charge in [-0.05, 0) is 23.8 Å². The number of nitrogens with one attached hydrogen (secondary N) is 1. The first kappa shape index (κ1) is 14.4. The van der Waals surface area contributed by atoms with Crippen molar-refractivity contribution in [1.82, 2.24) is 5.32 Å². The lowest BCUT2D eigenvalue weighted by molar-refractivity contribution is -0.116. The van der Waals surface area contributed by atoms with Crippen molar-refractivity contribution in [2.75, 3.05) is 6.54 Å². The normalized spacial score (nSPS) is 12.5. The van der Waals surface area contributed by atoms with E-state index in [2.05, 4.69) is 5.32 Å². The van der Waals surface area contributed by atoms with Gasteiger partial charge < -0.3 is 14.8 Å². The first-order valence-corrected chi connectivity index (χ1v) is 6.45. The number of aliphatic hydroxyl groups is 1. The molecule has 0 radical (unpaired) electrons. The highest BCUT2D eigenvalue weighted by molar-refractivity contribution is 6.32. The van der Waals surface area contributed by atoms with Crippen molar-refractivity contribution >= 4 is 23.6 Å². The van der Waals surface area contributed by atoms with Gasteiger partial charge in [0.1, 0.15) is 0 Å². The smallest absolute Gasteiger partial charge is 0.244 e. The Bertz CT molecular complexity index is 593. The fourth-order valence-corrected chi connectivity index (χ4v) is 1.81. The number of hydrogen-bond donors (Lipinski definition) is 2. The minimum absolute atomic E-state index is 0.116. The van der Waals surface area contributed by atoms with Gasteiger partial charge in [0.15, 0.2) is 0 Å². The largest absolute Gasteiger partial charge is 0.472 e. The summed E-state index contributed by atoms with van der Waals surface area (Å²) in [6, 6.07) is 8.87. The second kappa shape index (κ2) is 6.93. The molecular formula is C15H14ClNO3. The van der Waals surface area contributed by atoms with E-state index in [1.54, 1.807) is 18.2 Å². The Morgan fingerprint density at radius 3 is 2.90 bits per heavy atom. The lowest BCUT2D eigenvalue weighted by Crippen LogP contribution is -2.26. The molecule has 1 heterocycles. The summed E-state index contributed by atoms with van der Waals surface area (Å²) in [5, 5.41) is 12.9. The first-order chi connectivity index (χ1) is 9.66. The summed E-state index contributed by atoms with van der Waals surface area (Å²) in [4.78, 5) is 11.6. The fourth-order valence-electron chi connectivity index (χ4n) is 1.61. The maximum absolute atomic E-state index is 11.6. The number of halogens is 1. The van der Waals surface area contributed by atoms with Gasteiger partial charge in [-0.1, -0.05) is 29.8 Å². The van der Waals surface area contributed by atoms with E-state index in [9.17, 15) is 9.90 Å². The summed E-state index contributed by atoms with van der Waals surface area (Å²) in [5.74, 6) is -0.299. The molecule has 1 atom stereocenters. The quantitative estimate of drug-likeness (QED) is 0.833. The zero-order valence-electron chi connectivity index (χ0n) is 10.6. The van der Waals surface area contributed by atoms with E-state index in [1.165, 1.54) is 18.6 Å². The Hall–Kier alpha value is -2.04. The second-order valence-electron chi connectivity index (χ2n) is 4.17. The molecule has 0 aliphatic rings. The van der Waals surface area contributed by atoms with Crippen LogP contribution in [0.4, 0.5) is 0 Å². The van der Waals surface area contributed by atoms with Crippen molar-refractivity contribution in [1.29, 1.82) is 0 Å². The molecule has 2 aromatic rings. The standard InChI is InChI=1S/C15H14ClNO3/c16-13-4-2-1-3-11(13)5-6-15(19)17-9-14(18)12-7-8-20-10-12/h1-8,10,14,18H,9H2,(H,17,19). The van der Waals surface area contributed by atoms with Crippen LogP contribution in [0.5, 0.6) is 0 Å². The first-order valence-electron chi connectivity index (χ1n) is 6.07. The van der Waals surface area contributed by atoms with Crippen LogP contribution in [0.3, 0.4) is 0 Å². The molecule has 5 heteroatoms. The van der Waals surface area contributed by atoms with Gasteiger partial charge >= 0.3 is 0 Å². The number of carbonyl (C=O) groups is 1. The van der Waals surface area contributed by atoms with E-state index in [0.29, 0.717) is 10.6 Å². The van der Waals surface area contributed by atoms with Gasteiger partial charge in [0.25, 0.3) is 0 Å². The number of rotatable bonds is 5. The number of hydrogen-bond acceptors (Lipinski definition) is 3. The summed E-state index contributed by atoms with van der Waals surface area (Å²) in [6.45, 7) is 0.116. The molecule has 0 saturated carbocycles. The second-order valence-corrected chi connectivity index (χ2v) is 4.58. The van der Waals surface area contributed by atoms with Crippen molar-refractivity contribution < 1.29 is 14.3 Å². The SMILES string of the molecule is O=C(C=Cc1ccccc1Cl)NCC(O)c1ccoc1. The van der Waals surface area contributed by atoms with Crippen LogP contribution in [0.25, 0.3) is 6.08 Å². The molecule has 1 amide bonds. The minimum Gasteiger partial charge on any atom is -0.472 e. The lowest BCUT2D eigenvalue weighted by Gasteiger charge is -2.08. The molecule has 0 bridgehead atoms.